The minimum Gasteiger partial charge on any atom is -0.467 e. The third kappa shape index (κ3) is 1.78. The number of furan rings is 1. The summed E-state index contributed by atoms with van der Waals surface area (Å²) in [6.45, 7) is 8.13. The lowest BCUT2D eigenvalue weighted by Gasteiger charge is -2.43. The monoisotopic (exact) mass is 311 g/mol. The van der Waals surface area contributed by atoms with Crippen molar-refractivity contribution in [1.82, 2.24) is 5.32 Å². The van der Waals surface area contributed by atoms with Crippen molar-refractivity contribution in [2.45, 2.75) is 52.6 Å². The highest BCUT2D eigenvalue weighted by Crippen LogP contribution is 2.62. The van der Waals surface area contributed by atoms with Crippen LogP contribution in [0.25, 0.3) is 0 Å². The van der Waals surface area contributed by atoms with Crippen molar-refractivity contribution in [1.29, 1.82) is 0 Å². The molecule has 0 aromatic carbocycles. The van der Waals surface area contributed by atoms with E-state index in [4.69, 9.17) is 4.42 Å². The van der Waals surface area contributed by atoms with E-state index in [0.717, 1.165) is 22.7 Å². The topological polar surface area (TPSA) is 25.2 Å². The van der Waals surface area contributed by atoms with Crippen molar-refractivity contribution in [3.05, 3.63) is 22.6 Å². The molecule has 0 amide bonds. The third-order valence-electron chi connectivity index (χ3n) is 5.43. The van der Waals surface area contributed by atoms with Gasteiger partial charge in [-0.05, 0) is 58.0 Å². The molecule has 3 atom stereocenters. The quantitative estimate of drug-likeness (QED) is 0.898. The summed E-state index contributed by atoms with van der Waals surface area (Å²) in [7, 11) is 0. The Bertz CT molecular complexity index is 448. The third-order valence-corrected chi connectivity index (χ3v) is 6.13. The molecule has 1 aromatic rings. The highest BCUT2D eigenvalue weighted by molar-refractivity contribution is 9.10. The first-order valence-corrected chi connectivity index (χ1v) is 7.68. The predicted molar refractivity (Wildman–Crippen MR) is 76.3 cm³/mol. The fourth-order valence-corrected chi connectivity index (χ4v) is 4.80. The summed E-state index contributed by atoms with van der Waals surface area (Å²) in [5.41, 5.74) is 0.888. The van der Waals surface area contributed by atoms with E-state index in [1.165, 1.54) is 19.3 Å². The van der Waals surface area contributed by atoms with Crippen LogP contribution in [0.1, 0.15) is 45.8 Å². The Hall–Kier alpha value is -0.280. The Labute approximate surface area is 118 Å². The Balaban J connectivity index is 1.74. The zero-order valence-corrected chi connectivity index (χ0v) is 13.0. The lowest BCUT2D eigenvalue weighted by atomic mass is 9.68. The fourth-order valence-electron chi connectivity index (χ4n) is 4.46. The van der Waals surface area contributed by atoms with Crippen molar-refractivity contribution in [2.24, 2.45) is 16.7 Å². The fraction of sp³-hybridized carbons (Fsp3) is 0.733. The number of fused-ring (bicyclic) bond motifs is 2. The van der Waals surface area contributed by atoms with Gasteiger partial charge in [0.1, 0.15) is 5.76 Å². The lowest BCUT2D eigenvalue weighted by molar-refractivity contribution is 0.106. The molecule has 2 aliphatic carbocycles. The molecule has 2 nitrogen and oxygen atoms in total. The zero-order valence-electron chi connectivity index (χ0n) is 11.4. The Morgan fingerprint density at radius 3 is 2.78 bits per heavy atom. The highest BCUT2D eigenvalue weighted by atomic mass is 79.9. The maximum Gasteiger partial charge on any atom is 0.131 e. The Morgan fingerprint density at radius 1 is 1.44 bits per heavy atom. The van der Waals surface area contributed by atoms with Gasteiger partial charge in [0.15, 0.2) is 0 Å². The van der Waals surface area contributed by atoms with E-state index in [-0.39, 0.29) is 0 Å². The molecule has 0 aliphatic heterocycles. The van der Waals surface area contributed by atoms with Crippen molar-refractivity contribution in [3.8, 4) is 0 Å². The van der Waals surface area contributed by atoms with Crippen LogP contribution in [-0.4, -0.2) is 6.04 Å². The molecule has 2 bridgehead atoms. The van der Waals surface area contributed by atoms with Gasteiger partial charge in [-0.25, -0.2) is 0 Å². The summed E-state index contributed by atoms with van der Waals surface area (Å²) >= 11 is 3.53. The first kappa shape index (κ1) is 12.7. The van der Waals surface area contributed by atoms with E-state index in [1.54, 1.807) is 6.26 Å². The van der Waals surface area contributed by atoms with Crippen molar-refractivity contribution in [2.75, 3.05) is 0 Å². The molecule has 1 N–H and O–H groups in total. The second-order valence-corrected chi connectivity index (χ2v) is 7.78. The Kier molecular flexibility index (Phi) is 2.91. The number of halogens is 1. The minimum absolute atomic E-state index is 0.409. The van der Waals surface area contributed by atoms with Gasteiger partial charge in [0.2, 0.25) is 0 Å². The zero-order chi connectivity index (χ0) is 13.0. The average Bonchev–Trinajstić information content (AvgIpc) is 2.90. The molecular formula is C15H22BrNO. The van der Waals surface area contributed by atoms with Gasteiger partial charge in [0.05, 0.1) is 17.3 Å². The van der Waals surface area contributed by atoms with Gasteiger partial charge in [-0.15, -0.1) is 0 Å². The standard InChI is InChI=1S/C15H22BrNO/c1-14(2)10-4-6-15(3,8-10)13(14)17-9-12-11(16)5-7-18-12/h5,7,10,13,17H,4,6,8-9H2,1-3H3. The summed E-state index contributed by atoms with van der Waals surface area (Å²) in [6.07, 6.45) is 5.91. The smallest absolute Gasteiger partial charge is 0.131 e. The van der Waals surface area contributed by atoms with Crippen LogP contribution in [0.4, 0.5) is 0 Å². The minimum atomic E-state index is 0.409. The van der Waals surface area contributed by atoms with Crippen LogP contribution in [-0.2, 0) is 6.54 Å². The molecule has 18 heavy (non-hydrogen) atoms. The lowest BCUT2D eigenvalue weighted by Crippen LogP contribution is -2.49. The van der Waals surface area contributed by atoms with E-state index in [2.05, 4.69) is 42.0 Å². The number of rotatable bonds is 3. The van der Waals surface area contributed by atoms with Gasteiger partial charge in [0.25, 0.3) is 0 Å². The van der Waals surface area contributed by atoms with Crippen LogP contribution in [0, 0.1) is 16.7 Å². The van der Waals surface area contributed by atoms with Gasteiger partial charge in [-0.1, -0.05) is 20.8 Å². The second-order valence-electron chi connectivity index (χ2n) is 6.92. The summed E-state index contributed by atoms with van der Waals surface area (Å²) in [6, 6.07) is 2.56. The predicted octanol–water partition coefficient (Wildman–Crippen LogP) is 4.35. The molecule has 3 rings (SSSR count). The van der Waals surface area contributed by atoms with Crippen molar-refractivity contribution >= 4 is 15.9 Å². The molecule has 100 valence electrons. The van der Waals surface area contributed by atoms with Crippen LogP contribution >= 0.6 is 15.9 Å². The molecular weight excluding hydrogens is 290 g/mol. The van der Waals surface area contributed by atoms with Crippen LogP contribution in [0.15, 0.2) is 21.2 Å². The molecule has 0 radical (unpaired) electrons. The number of nitrogens with one attached hydrogen (secondary N) is 1. The van der Waals surface area contributed by atoms with Crippen LogP contribution in [0.2, 0.25) is 0 Å². The van der Waals surface area contributed by atoms with Crippen molar-refractivity contribution < 1.29 is 4.42 Å². The SMILES string of the molecule is CC12CCC(C1)C(C)(C)C2NCc1occc1Br. The molecule has 0 spiro atoms. The van der Waals surface area contributed by atoms with E-state index in [9.17, 15) is 0 Å². The molecule has 2 fully saturated rings. The Morgan fingerprint density at radius 2 is 2.22 bits per heavy atom. The molecule has 1 heterocycles. The maximum absolute atomic E-state index is 5.50. The largest absolute Gasteiger partial charge is 0.467 e. The number of hydrogen-bond donors (Lipinski definition) is 1. The summed E-state index contributed by atoms with van der Waals surface area (Å²) in [5, 5.41) is 3.76. The average molecular weight is 312 g/mol. The van der Waals surface area contributed by atoms with E-state index >= 15 is 0 Å². The van der Waals surface area contributed by atoms with Crippen molar-refractivity contribution in [3.63, 3.8) is 0 Å². The van der Waals surface area contributed by atoms with E-state index in [1.807, 2.05) is 6.07 Å². The summed E-state index contributed by atoms with van der Waals surface area (Å²) in [4.78, 5) is 0. The van der Waals surface area contributed by atoms with Crippen LogP contribution < -0.4 is 5.32 Å². The first-order valence-electron chi connectivity index (χ1n) is 6.89. The second kappa shape index (κ2) is 4.11. The molecule has 2 aliphatic rings. The molecule has 1 aromatic heterocycles. The maximum atomic E-state index is 5.50. The van der Waals surface area contributed by atoms with Gasteiger partial charge >= 0.3 is 0 Å². The van der Waals surface area contributed by atoms with E-state index in [0.29, 0.717) is 16.9 Å². The van der Waals surface area contributed by atoms with Crippen LogP contribution in [0.5, 0.6) is 0 Å². The van der Waals surface area contributed by atoms with Gasteiger partial charge in [-0.3, -0.25) is 0 Å². The molecule has 3 unspecified atom stereocenters. The van der Waals surface area contributed by atoms with E-state index < -0.39 is 0 Å². The van der Waals surface area contributed by atoms with Crippen LogP contribution in [0.3, 0.4) is 0 Å². The van der Waals surface area contributed by atoms with Gasteiger partial charge in [-0.2, -0.15) is 0 Å². The number of hydrogen-bond acceptors (Lipinski definition) is 2. The normalized spacial score (nSPS) is 37.3. The molecule has 0 saturated heterocycles. The molecule has 3 heteroatoms. The van der Waals surface area contributed by atoms with Gasteiger partial charge in [0, 0.05) is 6.04 Å². The first-order chi connectivity index (χ1) is 8.43. The highest BCUT2D eigenvalue weighted by Gasteiger charge is 2.58. The van der Waals surface area contributed by atoms with Gasteiger partial charge < -0.3 is 9.73 Å². The summed E-state index contributed by atoms with van der Waals surface area (Å²) < 4.78 is 6.57. The summed E-state index contributed by atoms with van der Waals surface area (Å²) in [5.74, 6) is 1.90. The molecule has 2 saturated carbocycles.